The number of carbonyl (C=O) groups is 1. The molecule has 2 aliphatic heterocycles. The third-order valence-electron chi connectivity index (χ3n) is 5.43. The molecular formula is C19H23FN2O2S. The van der Waals surface area contributed by atoms with Crippen LogP contribution in [0.4, 0.5) is 4.39 Å². The second-order valence-corrected chi connectivity index (χ2v) is 7.98. The van der Waals surface area contributed by atoms with Crippen molar-refractivity contribution in [3.63, 3.8) is 0 Å². The van der Waals surface area contributed by atoms with E-state index < -0.39 is 0 Å². The molecular weight excluding hydrogens is 339 g/mol. The van der Waals surface area contributed by atoms with Crippen LogP contribution in [0, 0.1) is 5.82 Å². The van der Waals surface area contributed by atoms with Gasteiger partial charge in [-0.2, -0.15) is 0 Å². The lowest BCUT2D eigenvalue weighted by Crippen LogP contribution is -2.46. The Morgan fingerprint density at radius 3 is 3.08 bits per heavy atom. The number of hydrogen-bond acceptors (Lipinski definition) is 4. The van der Waals surface area contributed by atoms with Crippen LogP contribution in [-0.4, -0.2) is 43.1 Å². The summed E-state index contributed by atoms with van der Waals surface area (Å²) < 4.78 is 20.3. The molecule has 2 aliphatic rings. The molecule has 2 atom stereocenters. The number of fused-ring (bicyclic) bond motifs is 2. The van der Waals surface area contributed by atoms with E-state index in [9.17, 15) is 9.18 Å². The van der Waals surface area contributed by atoms with Crippen molar-refractivity contribution in [3.05, 3.63) is 34.5 Å². The molecule has 3 heterocycles. The van der Waals surface area contributed by atoms with Crippen LogP contribution in [0.2, 0.25) is 0 Å². The van der Waals surface area contributed by atoms with Crippen molar-refractivity contribution < 1.29 is 13.9 Å². The quantitative estimate of drug-likeness (QED) is 0.904. The molecule has 134 valence electrons. The van der Waals surface area contributed by atoms with Gasteiger partial charge in [0, 0.05) is 41.4 Å². The van der Waals surface area contributed by atoms with E-state index in [-0.39, 0.29) is 24.4 Å². The zero-order chi connectivity index (χ0) is 17.4. The summed E-state index contributed by atoms with van der Waals surface area (Å²) in [7, 11) is 1.57. The molecule has 0 saturated carbocycles. The minimum atomic E-state index is -0.292. The predicted molar refractivity (Wildman–Crippen MR) is 97.6 cm³/mol. The number of halogens is 1. The fourth-order valence-electron chi connectivity index (χ4n) is 4.28. The second kappa shape index (κ2) is 7.02. The van der Waals surface area contributed by atoms with Gasteiger partial charge in [-0.1, -0.05) is 12.5 Å². The van der Waals surface area contributed by atoms with Crippen LogP contribution < -0.4 is 5.32 Å². The van der Waals surface area contributed by atoms with Gasteiger partial charge >= 0.3 is 0 Å². The summed E-state index contributed by atoms with van der Waals surface area (Å²) in [4.78, 5) is 16.0. The third kappa shape index (κ3) is 3.07. The van der Waals surface area contributed by atoms with Crippen LogP contribution in [-0.2, 0) is 11.3 Å². The molecule has 2 fully saturated rings. The van der Waals surface area contributed by atoms with Crippen molar-refractivity contribution in [2.24, 2.45) is 0 Å². The number of thiophene rings is 1. The van der Waals surface area contributed by atoms with Crippen molar-refractivity contribution >= 4 is 27.3 Å². The standard InChI is InChI=1S/C19H23FN2O2S/c1-24-11-12-17-13(20)5-4-7-16(17)25-18(12)19(23)21-14-8-10-22-9-3-2-6-15(14)22/h4-5,7,14-15H,2-3,6,8-11H2,1H3,(H,21,23)/t14-,15+/m0/s1. The van der Waals surface area contributed by atoms with E-state index >= 15 is 0 Å². The van der Waals surface area contributed by atoms with Gasteiger partial charge in [-0.25, -0.2) is 4.39 Å². The fourth-order valence-corrected chi connectivity index (χ4v) is 5.41. The van der Waals surface area contributed by atoms with E-state index in [0.29, 0.717) is 21.9 Å². The molecule has 0 bridgehead atoms. The maximum atomic E-state index is 14.3. The topological polar surface area (TPSA) is 41.6 Å². The fraction of sp³-hybridized carbons (Fsp3) is 0.526. The average Bonchev–Trinajstić information content (AvgIpc) is 3.18. The van der Waals surface area contributed by atoms with Crippen molar-refractivity contribution in [2.75, 3.05) is 20.2 Å². The number of hydrogen-bond donors (Lipinski definition) is 1. The largest absolute Gasteiger partial charge is 0.380 e. The molecule has 6 heteroatoms. The SMILES string of the molecule is COCc1c(C(=O)N[C@H]2CCN3CCCC[C@H]23)sc2cccc(F)c12. The zero-order valence-corrected chi connectivity index (χ0v) is 15.2. The highest BCUT2D eigenvalue weighted by Gasteiger charge is 2.36. The zero-order valence-electron chi connectivity index (χ0n) is 14.4. The Balaban J connectivity index is 1.61. The maximum Gasteiger partial charge on any atom is 0.262 e. The summed E-state index contributed by atoms with van der Waals surface area (Å²) in [5.41, 5.74) is 0.664. The van der Waals surface area contributed by atoms with Crippen LogP contribution in [0.25, 0.3) is 10.1 Å². The molecule has 1 aromatic carbocycles. The van der Waals surface area contributed by atoms with Crippen molar-refractivity contribution in [1.82, 2.24) is 10.2 Å². The van der Waals surface area contributed by atoms with Gasteiger partial charge in [0.25, 0.3) is 5.91 Å². The van der Waals surface area contributed by atoms with Gasteiger partial charge in [0.05, 0.1) is 11.5 Å². The van der Waals surface area contributed by atoms with E-state index in [2.05, 4.69) is 10.2 Å². The predicted octanol–water partition coefficient (Wildman–Crippen LogP) is 3.54. The Hall–Kier alpha value is -1.50. The molecule has 2 aromatic rings. The minimum Gasteiger partial charge on any atom is -0.380 e. The summed E-state index contributed by atoms with van der Waals surface area (Å²) in [5, 5.41) is 3.74. The lowest BCUT2D eigenvalue weighted by Gasteiger charge is -2.32. The normalized spacial score (nSPS) is 23.8. The number of nitrogens with zero attached hydrogens (tertiary/aromatic N) is 1. The first kappa shape index (κ1) is 16.9. The van der Waals surface area contributed by atoms with Gasteiger partial charge in [0.15, 0.2) is 0 Å². The van der Waals surface area contributed by atoms with Gasteiger partial charge < -0.3 is 10.1 Å². The Bertz CT molecular complexity index is 791. The van der Waals surface area contributed by atoms with Gasteiger partial charge in [0.2, 0.25) is 0 Å². The molecule has 2 saturated heterocycles. The molecule has 25 heavy (non-hydrogen) atoms. The first-order valence-electron chi connectivity index (χ1n) is 8.93. The third-order valence-corrected chi connectivity index (χ3v) is 6.63. The lowest BCUT2D eigenvalue weighted by molar-refractivity contribution is 0.0915. The Kier molecular flexibility index (Phi) is 4.75. The van der Waals surface area contributed by atoms with E-state index in [1.165, 1.54) is 30.2 Å². The van der Waals surface area contributed by atoms with Crippen LogP contribution in [0.5, 0.6) is 0 Å². The highest BCUT2D eigenvalue weighted by atomic mass is 32.1. The Morgan fingerprint density at radius 2 is 2.24 bits per heavy atom. The first-order chi connectivity index (χ1) is 12.2. The van der Waals surface area contributed by atoms with Gasteiger partial charge in [-0.3, -0.25) is 9.69 Å². The molecule has 0 spiro atoms. The minimum absolute atomic E-state index is 0.0925. The molecule has 4 nitrogen and oxygen atoms in total. The molecule has 0 unspecified atom stereocenters. The summed E-state index contributed by atoms with van der Waals surface area (Å²) >= 11 is 1.35. The number of amides is 1. The number of rotatable bonds is 4. The highest BCUT2D eigenvalue weighted by Crippen LogP contribution is 2.34. The summed E-state index contributed by atoms with van der Waals surface area (Å²) in [6, 6.07) is 5.63. The molecule has 1 aromatic heterocycles. The highest BCUT2D eigenvalue weighted by molar-refractivity contribution is 7.21. The number of piperidine rings is 1. The van der Waals surface area contributed by atoms with Gasteiger partial charge in [-0.05, 0) is 37.9 Å². The molecule has 0 radical (unpaired) electrons. The molecule has 4 rings (SSSR count). The van der Waals surface area contributed by atoms with E-state index in [4.69, 9.17) is 4.74 Å². The van der Waals surface area contributed by atoms with Gasteiger partial charge in [-0.15, -0.1) is 11.3 Å². The first-order valence-corrected chi connectivity index (χ1v) is 9.74. The van der Waals surface area contributed by atoms with Crippen LogP contribution in [0.1, 0.15) is 40.9 Å². The monoisotopic (exact) mass is 362 g/mol. The lowest BCUT2D eigenvalue weighted by atomic mass is 9.99. The summed E-state index contributed by atoms with van der Waals surface area (Å²) in [5.74, 6) is -0.385. The molecule has 1 N–H and O–H groups in total. The molecule has 1 amide bonds. The van der Waals surface area contributed by atoms with E-state index in [1.807, 2.05) is 6.07 Å². The van der Waals surface area contributed by atoms with Gasteiger partial charge in [0.1, 0.15) is 5.82 Å². The van der Waals surface area contributed by atoms with E-state index in [0.717, 1.165) is 30.6 Å². The van der Waals surface area contributed by atoms with Crippen molar-refractivity contribution in [3.8, 4) is 0 Å². The number of carbonyl (C=O) groups excluding carboxylic acids is 1. The van der Waals surface area contributed by atoms with Crippen LogP contribution in [0.3, 0.4) is 0 Å². The van der Waals surface area contributed by atoms with E-state index in [1.54, 1.807) is 13.2 Å². The molecule has 0 aliphatic carbocycles. The van der Waals surface area contributed by atoms with Crippen LogP contribution in [0.15, 0.2) is 18.2 Å². The maximum absolute atomic E-state index is 14.3. The number of methoxy groups -OCH3 is 1. The van der Waals surface area contributed by atoms with Crippen molar-refractivity contribution in [2.45, 2.75) is 44.4 Å². The Morgan fingerprint density at radius 1 is 1.36 bits per heavy atom. The number of benzene rings is 1. The van der Waals surface area contributed by atoms with Crippen LogP contribution >= 0.6 is 11.3 Å². The smallest absolute Gasteiger partial charge is 0.262 e. The number of ether oxygens (including phenoxy) is 1. The number of nitrogens with one attached hydrogen (secondary N) is 1. The Labute approximate surface area is 151 Å². The second-order valence-electron chi connectivity index (χ2n) is 6.92. The average molecular weight is 362 g/mol. The van der Waals surface area contributed by atoms with Crippen molar-refractivity contribution in [1.29, 1.82) is 0 Å². The summed E-state index contributed by atoms with van der Waals surface area (Å²) in [6.07, 6.45) is 4.63. The summed E-state index contributed by atoms with van der Waals surface area (Å²) in [6.45, 7) is 2.44.